The third-order valence-corrected chi connectivity index (χ3v) is 3.79. The maximum absolute atomic E-state index is 12.2. The van der Waals surface area contributed by atoms with Crippen molar-refractivity contribution < 1.29 is 14.3 Å². The fourth-order valence-corrected chi connectivity index (χ4v) is 2.30. The van der Waals surface area contributed by atoms with Gasteiger partial charge in [0.2, 0.25) is 5.91 Å². The third-order valence-electron chi connectivity index (χ3n) is 3.79. The van der Waals surface area contributed by atoms with Crippen LogP contribution in [-0.4, -0.2) is 38.8 Å². The van der Waals surface area contributed by atoms with E-state index in [-0.39, 0.29) is 36.9 Å². The second kappa shape index (κ2) is 11.3. The van der Waals surface area contributed by atoms with Crippen LogP contribution in [0.4, 0.5) is 0 Å². The molecule has 23 heavy (non-hydrogen) atoms. The maximum atomic E-state index is 12.2. The summed E-state index contributed by atoms with van der Waals surface area (Å²) in [6.07, 6.45) is 0.773. The second-order valence-electron chi connectivity index (χ2n) is 5.73. The van der Waals surface area contributed by atoms with E-state index < -0.39 is 0 Å². The zero-order valence-electron chi connectivity index (χ0n) is 14.4. The first kappa shape index (κ1) is 21.7. The number of nitrogens with two attached hydrogens (primary N) is 1. The van der Waals surface area contributed by atoms with Gasteiger partial charge in [-0.25, -0.2) is 0 Å². The van der Waals surface area contributed by atoms with Gasteiger partial charge >= 0.3 is 0 Å². The van der Waals surface area contributed by atoms with E-state index in [0.717, 1.165) is 17.7 Å². The number of hydrogen-bond acceptors (Lipinski definition) is 4. The van der Waals surface area contributed by atoms with Crippen LogP contribution in [0.1, 0.15) is 25.8 Å². The van der Waals surface area contributed by atoms with E-state index in [1.807, 2.05) is 24.3 Å². The molecular formula is C17H29ClN2O3. The summed E-state index contributed by atoms with van der Waals surface area (Å²) in [4.78, 5) is 12.2. The van der Waals surface area contributed by atoms with Gasteiger partial charge in [-0.3, -0.25) is 4.79 Å². The Bertz CT molecular complexity index is 465. The summed E-state index contributed by atoms with van der Waals surface area (Å²) in [5, 5.41) is 3.09. The molecule has 1 aromatic carbocycles. The van der Waals surface area contributed by atoms with Crippen molar-refractivity contribution in [1.29, 1.82) is 0 Å². The largest absolute Gasteiger partial charge is 0.496 e. The van der Waals surface area contributed by atoms with Crippen molar-refractivity contribution in [2.75, 3.05) is 20.8 Å². The van der Waals surface area contributed by atoms with Crippen molar-refractivity contribution in [3.8, 4) is 5.75 Å². The Labute approximate surface area is 145 Å². The molecule has 132 valence electrons. The molecule has 1 amide bonds. The van der Waals surface area contributed by atoms with Crippen LogP contribution in [0, 0.1) is 5.92 Å². The minimum Gasteiger partial charge on any atom is -0.496 e. The molecule has 1 aromatic rings. The van der Waals surface area contributed by atoms with Crippen molar-refractivity contribution in [3.63, 3.8) is 0 Å². The summed E-state index contributed by atoms with van der Waals surface area (Å²) < 4.78 is 10.5. The van der Waals surface area contributed by atoms with Crippen LogP contribution < -0.4 is 15.8 Å². The SMILES string of the molecule is COc1ccccc1CC(NC(=O)CC(CN)OC)C(C)C.Cl. The van der Waals surface area contributed by atoms with Crippen LogP contribution in [0.25, 0.3) is 0 Å². The van der Waals surface area contributed by atoms with Crippen molar-refractivity contribution in [2.24, 2.45) is 11.7 Å². The Morgan fingerprint density at radius 3 is 2.43 bits per heavy atom. The number of para-hydroxylation sites is 1. The van der Waals surface area contributed by atoms with Gasteiger partial charge in [-0.05, 0) is 24.0 Å². The molecular weight excluding hydrogens is 316 g/mol. The smallest absolute Gasteiger partial charge is 0.222 e. The van der Waals surface area contributed by atoms with E-state index in [4.69, 9.17) is 15.2 Å². The predicted molar refractivity (Wildman–Crippen MR) is 95.2 cm³/mol. The molecule has 2 atom stereocenters. The van der Waals surface area contributed by atoms with Crippen LogP contribution in [0.3, 0.4) is 0 Å². The van der Waals surface area contributed by atoms with Gasteiger partial charge in [0.05, 0.1) is 19.6 Å². The van der Waals surface area contributed by atoms with Gasteiger partial charge in [0.15, 0.2) is 0 Å². The lowest BCUT2D eigenvalue weighted by Gasteiger charge is -2.24. The van der Waals surface area contributed by atoms with Crippen molar-refractivity contribution in [3.05, 3.63) is 29.8 Å². The topological polar surface area (TPSA) is 73.6 Å². The fraction of sp³-hybridized carbons (Fsp3) is 0.588. The van der Waals surface area contributed by atoms with Gasteiger partial charge in [-0.1, -0.05) is 32.0 Å². The number of rotatable bonds is 9. The number of ether oxygens (including phenoxy) is 2. The zero-order valence-corrected chi connectivity index (χ0v) is 15.2. The quantitative estimate of drug-likeness (QED) is 0.720. The van der Waals surface area contributed by atoms with E-state index in [0.29, 0.717) is 12.5 Å². The first-order chi connectivity index (χ1) is 10.5. The highest BCUT2D eigenvalue weighted by Gasteiger charge is 2.20. The highest BCUT2D eigenvalue weighted by atomic mass is 35.5. The first-order valence-electron chi connectivity index (χ1n) is 7.65. The maximum Gasteiger partial charge on any atom is 0.222 e. The molecule has 6 heteroatoms. The monoisotopic (exact) mass is 344 g/mol. The van der Waals surface area contributed by atoms with E-state index in [9.17, 15) is 4.79 Å². The summed E-state index contributed by atoms with van der Waals surface area (Å²) in [6, 6.07) is 7.92. The van der Waals surface area contributed by atoms with Crippen LogP contribution >= 0.6 is 12.4 Å². The Morgan fingerprint density at radius 2 is 1.91 bits per heavy atom. The number of carbonyl (C=O) groups excluding carboxylic acids is 1. The number of amides is 1. The molecule has 3 N–H and O–H groups in total. The van der Waals surface area contributed by atoms with Gasteiger partial charge in [0.25, 0.3) is 0 Å². The minimum atomic E-state index is -0.237. The molecule has 0 heterocycles. The molecule has 0 aliphatic rings. The molecule has 0 fully saturated rings. The molecule has 0 saturated carbocycles. The Hall–Kier alpha value is -1.30. The molecule has 0 aromatic heterocycles. The number of benzene rings is 1. The fourth-order valence-electron chi connectivity index (χ4n) is 2.30. The van der Waals surface area contributed by atoms with E-state index in [2.05, 4.69) is 19.2 Å². The van der Waals surface area contributed by atoms with Crippen molar-refractivity contribution >= 4 is 18.3 Å². The summed E-state index contributed by atoms with van der Waals surface area (Å²) >= 11 is 0. The lowest BCUT2D eigenvalue weighted by atomic mass is 9.95. The summed E-state index contributed by atoms with van der Waals surface area (Å²) in [5.41, 5.74) is 6.65. The first-order valence-corrected chi connectivity index (χ1v) is 7.65. The predicted octanol–water partition coefficient (Wildman–Crippen LogP) is 2.16. The van der Waals surface area contributed by atoms with Gasteiger partial charge in [0.1, 0.15) is 5.75 Å². The Morgan fingerprint density at radius 1 is 1.26 bits per heavy atom. The number of carbonyl (C=O) groups is 1. The summed E-state index contributed by atoms with van der Waals surface area (Å²) in [5.74, 6) is 1.12. The number of halogens is 1. The van der Waals surface area contributed by atoms with Crippen LogP contribution in [0.5, 0.6) is 5.75 Å². The lowest BCUT2D eigenvalue weighted by Crippen LogP contribution is -2.42. The highest BCUT2D eigenvalue weighted by molar-refractivity contribution is 5.85. The normalized spacial score (nSPS) is 13.1. The Balaban J connectivity index is 0.00000484. The molecule has 1 rings (SSSR count). The number of methoxy groups -OCH3 is 2. The second-order valence-corrected chi connectivity index (χ2v) is 5.73. The Kier molecular flexibility index (Phi) is 10.6. The standard InChI is InChI=1S/C17H28N2O3.ClH/c1-12(2)15(19-17(20)10-14(11-18)21-3)9-13-7-5-6-8-16(13)22-4;/h5-8,12,14-15H,9-11,18H2,1-4H3,(H,19,20);1H. The van der Waals surface area contributed by atoms with E-state index in [1.54, 1.807) is 14.2 Å². The zero-order chi connectivity index (χ0) is 16.5. The molecule has 0 spiro atoms. The lowest BCUT2D eigenvalue weighted by molar-refractivity contribution is -0.124. The molecule has 0 aliphatic carbocycles. The van der Waals surface area contributed by atoms with Crippen LogP contribution in [-0.2, 0) is 16.0 Å². The van der Waals surface area contributed by atoms with Crippen LogP contribution in [0.15, 0.2) is 24.3 Å². The van der Waals surface area contributed by atoms with Crippen molar-refractivity contribution in [1.82, 2.24) is 5.32 Å². The van der Waals surface area contributed by atoms with Gasteiger partial charge in [-0.2, -0.15) is 0 Å². The average molecular weight is 345 g/mol. The van der Waals surface area contributed by atoms with E-state index >= 15 is 0 Å². The third kappa shape index (κ3) is 7.20. The van der Waals surface area contributed by atoms with E-state index in [1.165, 1.54) is 0 Å². The molecule has 2 unspecified atom stereocenters. The van der Waals surface area contributed by atoms with Crippen molar-refractivity contribution in [2.45, 2.75) is 38.8 Å². The molecule has 0 radical (unpaired) electrons. The molecule has 5 nitrogen and oxygen atoms in total. The summed E-state index contributed by atoms with van der Waals surface area (Å²) in [6.45, 7) is 4.52. The van der Waals surface area contributed by atoms with Gasteiger partial charge < -0.3 is 20.5 Å². The minimum absolute atomic E-state index is 0. The van der Waals surface area contributed by atoms with Gasteiger partial charge in [0, 0.05) is 19.7 Å². The summed E-state index contributed by atoms with van der Waals surface area (Å²) in [7, 11) is 3.23. The molecule has 0 bridgehead atoms. The molecule has 0 saturated heterocycles. The number of nitrogens with one attached hydrogen (secondary N) is 1. The van der Waals surface area contributed by atoms with Gasteiger partial charge in [-0.15, -0.1) is 12.4 Å². The molecule has 0 aliphatic heterocycles. The van der Waals surface area contributed by atoms with Crippen LogP contribution in [0.2, 0.25) is 0 Å². The average Bonchev–Trinajstić information content (AvgIpc) is 2.52. The number of hydrogen-bond donors (Lipinski definition) is 2. The highest BCUT2D eigenvalue weighted by Crippen LogP contribution is 2.21.